The second kappa shape index (κ2) is 3.31. The Kier molecular flexibility index (Phi) is 2.01. The monoisotopic (exact) mass is 168 g/mol. The Bertz CT molecular complexity index is 393. The number of phenolic OH excluding ortho intramolecular Hbond substituents is 1. The Balaban J connectivity index is 2.48. The zero-order chi connectivity index (χ0) is 9.10. The summed E-state index contributed by atoms with van der Waals surface area (Å²) in [6, 6.07) is 18.7. The molecule has 62 valence electrons. The largest absolute Gasteiger partial charge is 0.508 e. The van der Waals surface area contributed by atoms with Gasteiger partial charge in [0.05, 0.1) is 0 Å². The van der Waals surface area contributed by atoms with Gasteiger partial charge in [0.2, 0.25) is 0 Å². The van der Waals surface area contributed by atoms with Gasteiger partial charge in [0.15, 0.2) is 0 Å². The first-order valence-corrected chi connectivity index (χ1v) is 4.04. The topological polar surface area (TPSA) is 20.2 Å². The molecule has 0 unspecified atom stereocenters. The fourth-order valence-corrected chi connectivity index (χ4v) is 1.17. The van der Waals surface area contributed by atoms with Gasteiger partial charge in [-0.05, 0) is 35.4 Å². The molecule has 0 bridgehead atoms. The number of hydrogen-bond donors (Lipinski definition) is 1. The van der Waals surface area contributed by atoms with Crippen LogP contribution < -0.4 is 0 Å². The quantitative estimate of drug-likeness (QED) is 0.694. The molecular weight excluding hydrogens is 160 g/mol. The van der Waals surface area contributed by atoms with Crippen molar-refractivity contribution in [2.45, 2.75) is 0 Å². The van der Waals surface area contributed by atoms with Gasteiger partial charge in [-0.2, -0.15) is 0 Å². The Labute approximate surface area is 77.3 Å². The van der Waals surface area contributed by atoms with Crippen LogP contribution in [0.4, 0.5) is 0 Å². The summed E-state index contributed by atoms with van der Waals surface area (Å²) < 4.78 is 0. The first-order chi connectivity index (χ1) is 6.36. The van der Waals surface area contributed by atoms with E-state index in [4.69, 9.17) is 0 Å². The molecule has 2 rings (SSSR count). The van der Waals surface area contributed by atoms with Crippen LogP contribution in [-0.2, 0) is 0 Å². The van der Waals surface area contributed by atoms with Crippen molar-refractivity contribution in [1.29, 1.82) is 0 Å². The predicted molar refractivity (Wildman–Crippen MR) is 51.2 cm³/mol. The van der Waals surface area contributed by atoms with Gasteiger partial charge in [-0.3, -0.25) is 0 Å². The molecular formula is C12H8O. The van der Waals surface area contributed by atoms with E-state index in [9.17, 15) is 5.11 Å². The standard InChI is InChI=1S/C12H8O/c13-12-8-4-7-11(9-12)10-5-2-1-3-6-10/h1-5,8-9,13H. The Morgan fingerprint density at radius 1 is 0.923 bits per heavy atom. The van der Waals surface area contributed by atoms with E-state index < -0.39 is 0 Å². The average molecular weight is 168 g/mol. The van der Waals surface area contributed by atoms with Gasteiger partial charge >= 0.3 is 0 Å². The zero-order valence-corrected chi connectivity index (χ0v) is 6.99. The van der Waals surface area contributed by atoms with Gasteiger partial charge in [0.1, 0.15) is 5.75 Å². The summed E-state index contributed by atoms with van der Waals surface area (Å²) in [6.07, 6.45) is 0. The van der Waals surface area contributed by atoms with Gasteiger partial charge < -0.3 is 5.11 Å². The summed E-state index contributed by atoms with van der Waals surface area (Å²) in [6.45, 7) is 0. The third-order valence-electron chi connectivity index (χ3n) is 1.78. The van der Waals surface area contributed by atoms with Crippen molar-refractivity contribution in [1.82, 2.24) is 0 Å². The molecule has 1 N–H and O–H groups in total. The SMILES string of the molecule is Oc1cc[c]c(-c2[c]cccc2)c1. The van der Waals surface area contributed by atoms with Gasteiger partial charge in [0.25, 0.3) is 0 Å². The second-order valence-electron chi connectivity index (χ2n) is 2.74. The van der Waals surface area contributed by atoms with E-state index in [0.29, 0.717) is 0 Å². The smallest absolute Gasteiger partial charge is 0.116 e. The van der Waals surface area contributed by atoms with E-state index in [-0.39, 0.29) is 5.75 Å². The molecule has 0 aliphatic heterocycles. The molecule has 1 nitrogen and oxygen atoms in total. The van der Waals surface area contributed by atoms with E-state index in [2.05, 4.69) is 12.1 Å². The molecule has 0 heterocycles. The van der Waals surface area contributed by atoms with Crippen LogP contribution in [0, 0.1) is 12.1 Å². The van der Waals surface area contributed by atoms with Crippen LogP contribution in [-0.4, -0.2) is 5.11 Å². The summed E-state index contributed by atoms with van der Waals surface area (Å²) in [5.74, 6) is 0.256. The van der Waals surface area contributed by atoms with Crippen molar-refractivity contribution >= 4 is 0 Å². The summed E-state index contributed by atoms with van der Waals surface area (Å²) in [4.78, 5) is 0. The lowest BCUT2D eigenvalue weighted by atomic mass is 10.1. The summed E-state index contributed by atoms with van der Waals surface area (Å²) in [7, 11) is 0. The van der Waals surface area contributed by atoms with Gasteiger partial charge in [-0.1, -0.05) is 30.3 Å². The minimum Gasteiger partial charge on any atom is -0.508 e. The molecule has 1 heteroatoms. The third kappa shape index (κ3) is 1.70. The number of benzene rings is 2. The van der Waals surface area contributed by atoms with Crippen LogP contribution in [0.3, 0.4) is 0 Å². The lowest BCUT2D eigenvalue weighted by Crippen LogP contribution is -1.76. The molecule has 0 aliphatic carbocycles. The van der Waals surface area contributed by atoms with Gasteiger partial charge in [0, 0.05) is 0 Å². The number of hydrogen-bond acceptors (Lipinski definition) is 1. The van der Waals surface area contributed by atoms with Crippen molar-refractivity contribution < 1.29 is 5.11 Å². The zero-order valence-electron chi connectivity index (χ0n) is 6.99. The molecule has 0 amide bonds. The van der Waals surface area contributed by atoms with Crippen LogP contribution in [0.25, 0.3) is 11.1 Å². The maximum absolute atomic E-state index is 9.24. The molecule has 0 atom stereocenters. The first kappa shape index (κ1) is 7.87. The van der Waals surface area contributed by atoms with E-state index in [1.807, 2.05) is 24.3 Å². The summed E-state index contributed by atoms with van der Waals surface area (Å²) in [5, 5.41) is 9.24. The van der Waals surface area contributed by atoms with Crippen LogP contribution in [0.15, 0.2) is 42.5 Å². The van der Waals surface area contributed by atoms with E-state index >= 15 is 0 Å². The predicted octanol–water partition coefficient (Wildman–Crippen LogP) is 2.66. The van der Waals surface area contributed by atoms with Gasteiger partial charge in [-0.25, -0.2) is 0 Å². The molecule has 0 aliphatic rings. The molecule has 0 saturated heterocycles. The molecule has 2 aromatic carbocycles. The summed E-state index contributed by atoms with van der Waals surface area (Å²) >= 11 is 0. The van der Waals surface area contributed by atoms with Crippen molar-refractivity contribution in [3.63, 3.8) is 0 Å². The Hall–Kier alpha value is -1.76. The molecule has 2 radical (unpaired) electrons. The molecule has 0 saturated carbocycles. The fraction of sp³-hybridized carbons (Fsp3) is 0. The lowest BCUT2D eigenvalue weighted by molar-refractivity contribution is 0.475. The lowest BCUT2D eigenvalue weighted by Gasteiger charge is -1.99. The maximum Gasteiger partial charge on any atom is 0.116 e. The molecule has 0 spiro atoms. The minimum absolute atomic E-state index is 0.256. The molecule has 0 aromatic heterocycles. The van der Waals surface area contributed by atoms with E-state index in [1.54, 1.807) is 18.2 Å². The maximum atomic E-state index is 9.24. The van der Waals surface area contributed by atoms with E-state index in [0.717, 1.165) is 11.1 Å². The molecule has 0 fully saturated rings. The highest BCUT2D eigenvalue weighted by atomic mass is 16.3. The fourth-order valence-electron chi connectivity index (χ4n) is 1.17. The van der Waals surface area contributed by atoms with Crippen molar-refractivity contribution in [2.24, 2.45) is 0 Å². The van der Waals surface area contributed by atoms with Crippen LogP contribution in [0.1, 0.15) is 0 Å². The third-order valence-corrected chi connectivity index (χ3v) is 1.78. The number of aromatic hydroxyl groups is 1. The van der Waals surface area contributed by atoms with Gasteiger partial charge in [-0.15, -0.1) is 0 Å². The highest BCUT2D eigenvalue weighted by Gasteiger charge is 1.96. The highest BCUT2D eigenvalue weighted by Crippen LogP contribution is 2.21. The molecule has 13 heavy (non-hydrogen) atoms. The van der Waals surface area contributed by atoms with Crippen LogP contribution >= 0.6 is 0 Å². The van der Waals surface area contributed by atoms with Crippen molar-refractivity contribution in [2.75, 3.05) is 0 Å². The second-order valence-corrected chi connectivity index (χ2v) is 2.74. The van der Waals surface area contributed by atoms with Crippen LogP contribution in [0.5, 0.6) is 5.75 Å². The van der Waals surface area contributed by atoms with E-state index in [1.165, 1.54) is 0 Å². The number of phenols is 1. The van der Waals surface area contributed by atoms with Crippen LogP contribution in [0.2, 0.25) is 0 Å². The highest BCUT2D eigenvalue weighted by molar-refractivity contribution is 5.63. The first-order valence-electron chi connectivity index (χ1n) is 4.04. The minimum atomic E-state index is 0.256. The van der Waals surface area contributed by atoms with Crippen molar-refractivity contribution in [3.05, 3.63) is 54.6 Å². The summed E-state index contributed by atoms with van der Waals surface area (Å²) in [5.41, 5.74) is 1.80. The molecule has 2 aromatic rings. The van der Waals surface area contributed by atoms with Crippen molar-refractivity contribution in [3.8, 4) is 16.9 Å². The average Bonchev–Trinajstić information content (AvgIpc) is 2.19. The normalized spacial score (nSPS) is 9.85. The Morgan fingerprint density at radius 3 is 2.46 bits per heavy atom. The Morgan fingerprint density at radius 2 is 1.77 bits per heavy atom. The number of rotatable bonds is 1.